The molecule has 0 amide bonds. The molecular formula is C21H22Cl2N2O. The summed E-state index contributed by atoms with van der Waals surface area (Å²) in [6.07, 6.45) is 2.58. The van der Waals surface area contributed by atoms with E-state index in [1.54, 1.807) is 0 Å². The van der Waals surface area contributed by atoms with Gasteiger partial charge in [-0.3, -0.25) is 4.90 Å². The van der Waals surface area contributed by atoms with Crippen LogP contribution in [-0.4, -0.2) is 22.4 Å². The SMILES string of the molecule is C=CCN1[C@H](c2ccc(Cl)cc2)C/C(=N\O)[C@@H](C)[C@@H]1c1ccc(Cl)cc1. The molecule has 1 fully saturated rings. The van der Waals surface area contributed by atoms with Crippen LogP contribution in [0, 0.1) is 5.92 Å². The average molecular weight is 389 g/mol. The van der Waals surface area contributed by atoms with Crippen LogP contribution in [0.3, 0.4) is 0 Å². The van der Waals surface area contributed by atoms with Crippen LogP contribution in [0.2, 0.25) is 10.0 Å². The van der Waals surface area contributed by atoms with Crippen LogP contribution in [0.15, 0.2) is 66.3 Å². The molecule has 5 heteroatoms. The molecule has 1 N–H and O–H groups in total. The van der Waals surface area contributed by atoms with Gasteiger partial charge in [0.25, 0.3) is 0 Å². The van der Waals surface area contributed by atoms with Crippen LogP contribution in [0.4, 0.5) is 0 Å². The van der Waals surface area contributed by atoms with E-state index in [4.69, 9.17) is 23.2 Å². The van der Waals surface area contributed by atoms with Gasteiger partial charge in [-0.1, -0.05) is 65.6 Å². The highest BCUT2D eigenvalue weighted by molar-refractivity contribution is 6.30. The third-order valence-corrected chi connectivity index (χ3v) is 5.60. The Labute approximate surface area is 164 Å². The van der Waals surface area contributed by atoms with Crippen LogP contribution in [0.1, 0.15) is 36.6 Å². The van der Waals surface area contributed by atoms with Gasteiger partial charge in [0.1, 0.15) is 0 Å². The first-order valence-electron chi connectivity index (χ1n) is 8.63. The van der Waals surface area contributed by atoms with Gasteiger partial charge in [0.05, 0.1) is 5.71 Å². The van der Waals surface area contributed by atoms with Crippen LogP contribution in [0.25, 0.3) is 0 Å². The first-order valence-corrected chi connectivity index (χ1v) is 9.39. The molecule has 0 spiro atoms. The maximum atomic E-state index is 9.60. The van der Waals surface area contributed by atoms with Crippen molar-refractivity contribution in [2.75, 3.05) is 6.54 Å². The first-order chi connectivity index (χ1) is 12.5. The Morgan fingerprint density at radius 3 is 2.12 bits per heavy atom. The van der Waals surface area contributed by atoms with Gasteiger partial charge in [-0.05, 0) is 35.4 Å². The number of rotatable bonds is 4. The van der Waals surface area contributed by atoms with E-state index in [0.717, 1.165) is 23.4 Å². The van der Waals surface area contributed by atoms with Crippen molar-refractivity contribution < 1.29 is 5.21 Å². The Morgan fingerprint density at radius 1 is 1.08 bits per heavy atom. The summed E-state index contributed by atoms with van der Waals surface area (Å²) in [5.74, 6) is 0.0738. The minimum absolute atomic E-state index is 0.0607. The lowest BCUT2D eigenvalue weighted by Crippen LogP contribution is -2.44. The average Bonchev–Trinajstić information content (AvgIpc) is 2.64. The molecule has 3 atom stereocenters. The molecule has 1 aliphatic rings. The van der Waals surface area contributed by atoms with E-state index in [1.807, 2.05) is 54.6 Å². The van der Waals surface area contributed by atoms with Gasteiger partial charge >= 0.3 is 0 Å². The maximum Gasteiger partial charge on any atom is 0.0636 e. The number of benzene rings is 2. The zero-order valence-electron chi connectivity index (χ0n) is 14.6. The molecule has 136 valence electrons. The van der Waals surface area contributed by atoms with Gasteiger partial charge in [-0.25, -0.2) is 0 Å². The first kappa shape index (κ1) is 19.0. The summed E-state index contributed by atoms with van der Waals surface area (Å²) in [5.41, 5.74) is 3.08. The van der Waals surface area contributed by atoms with Gasteiger partial charge in [0, 0.05) is 41.0 Å². The van der Waals surface area contributed by atoms with Crippen molar-refractivity contribution in [2.24, 2.45) is 11.1 Å². The minimum Gasteiger partial charge on any atom is -0.411 e. The van der Waals surface area contributed by atoms with Crippen molar-refractivity contribution in [3.8, 4) is 0 Å². The predicted molar refractivity (Wildman–Crippen MR) is 108 cm³/mol. The summed E-state index contributed by atoms with van der Waals surface area (Å²) in [7, 11) is 0. The van der Waals surface area contributed by atoms with Crippen LogP contribution >= 0.6 is 23.2 Å². The van der Waals surface area contributed by atoms with Crippen molar-refractivity contribution in [3.63, 3.8) is 0 Å². The van der Waals surface area contributed by atoms with Gasteiger partial charge in [0.15, 0.2) is 0 Å². The van der Waals surface area contributed by atoms with Gasteiger partial charge < -0.3 is 5.21 Å². The van der Waals surface area contributed by atoms with Crippen molar-refractivity contribution in [3.05, 3.63) is 82.4 Å². The number of nitrogens with zero attached hydrogens (tertiary/aromatic N) is 2. The second-order valence-electron chi connectivity index (χ2n) is 6.63. The quantitative estimate of drug-likeness (QED) is 0.388. The summed E-state index contributed by atoms with van der Waals surface area (Å²) in [5, 5.41) is 14.6. The van der Waals surface area contributed by atoms with Crippen LogP contribution in [-0.2, 0) is 0 Å². The molecule has 1 heterocycles. The smallest absolute Gasteiger partial charge is 0.0636 e. The summed E-state index contributed by atoms with van der Waals surface area (Å²) < 4.78 is 0. The summed E-state index contributed by atoms with van der Waals surface area (Å²) in [6, 6.07) is 15.9. The zero-order valence-corrected chi connectivity index (χ0v) is 16.2. The second kappa shape index (κ2) is 8.26. The molecular weight excluding hydrogens is 367 g/mol. The predicted octanol–water partition coefficient (Wildman–Crippen LogP) is 6.13. The third kappa shape index (κ3) is 3.80. The summed E-state index contributed by atoms with van der Waals surface area (Å²) in [6.45, 7) is 6.77. The number of hydrogen-bond donors (Lipinski definition) is 1. The Balaban J connectivity index is 2.07. The molecule has 3 rings (SSSR count). The van der Waals surface area contributed by atoms with Gasteiger partial charge in [0.2, 0.25) is 0 Å². The molecule has 26 heavy (non-hydrogen) atoms. The number of piperidine rings is 1. The lowest BCUT2D eigenvalue weighted by atomic mass is 9.79. The van der Waals surface area contributed by atoms with Gasteiger partial charge in [-0.2, -0.15) is 0 Å². The second-order valence-corrected chi connectivity index (χ2v) is 7.51. The maximum absolute atomic E-state index is 9.60. The van der Waals surface area contributed by atoms with Crippen molar-refractivity contribution in [1.29, 1.82) is 0 Å². The standard InChI is InChI=1S/C21H22Cl2N2O/c1-3-12-25-20(15-4-8-17(22)9-5-15)13-19(24-26)14(2)21(25)16-6-10-18(23)11-7-16/h3-11,14,20-21,26H,1,12-13H2,2H3/b24-19+/t14-,20+,21-/m1/s1. The van der Waals surface area contributed by atoms with E-state index in [1.165, 1.54) is 0 Å². The minimum atomic E-state index is 0.0607. The van der Waals surface area contributed by atoms with E-state index in [9.17, 15) is 5.21 Å². The largest absolute Gasteiger partial charge is 0.411 e. The highest BCUT2D eigenvalue weighted by Gasteiger charge is 2.40. The summed E-state index contributed by atoms with van der Waals surface area (Å²) >= 11 is 12.1. The Kier molecular flexibility index (Phi) is 6.02. The monoisotopic (exact) mass is 388 g/mol. The van der Waals surface area contributed by atoms with Crippen LogP contribution < -0.4 is 0 Å². The van der Waals surface area contributed by atoms with Crippen LogP contribution in [0.5, 0.6) is 0 Å². The lowest BCUT2D eigenvalue weighted by molar-refractivity contribution is 0.109. The Bertz CT molecular complexity index is 787. The number of oxime groups is 1. The van der Waals surface area contributed by atoms with Crippen molar-refractivity contribution in [2.45, 2.75) is 25.4 Å². The highest BCUT2D eigenvalue weighted by atomic mass is 35.5. The molecule has 0 saturated carbocycles. The molecule has 2 aromatic rings. The lowest BCUT2D eigenvalue weighted by Gasteiger charge is -2.46. The van der Waals surface area contributed by atoms with E-state index in [0.29, 0.717) is 16.5 Å². The number of likely N-dealkylation sites (tertiary alicyclic amines) is 1. The van der Waals surface area contributed by atoms with E-state index in [-0.39, 0.29) is 18.0 Å². The van der Waals surface area contributed by atoms with Crippen molar-refractivity contribution >= 4 is 28.9 Å². The Morgan fingerprint density at radius 2 is 1.62 bits per heavy atom. The van der Waals surface area contributed by atoms with E-state index in [2.05, 4.69) is 23.6 Å². The fraction of sp³-hybridized carbons (Fsp3) is 0.286. The molecule has 3 nitrogen and oxygen atoms in total. The number of halogens is 2. The molecule has 0 aliphatic carbocycles. The molecule has 0 radical (unpaired) electrons. The zero-order chi connectivity index (χ0) is 18.7. The van der Waals surface area contributed by atoms with Crippen molar-refractivity contribution in [1.82, 2.24) is 4.90 Å². The van der Waals surface area contributed by atoms with E-state index < -0.39 is 0 Å². The molecule has 0 bridgehead atoms. The molecule has 0 unspecified atom stereocenters. The molecule has 1 saturated heterocycles. The number of hydrogen-bond acceptors (Lipinski definition) is 3. The molecule has 2 aromatic carbocycles. The highest BCUT2D eigenvalue weighted by Crippen LogP contribution is 2.43. The van der Waals surface area contributed by atoms with E-state index >= 15 is 0 Å². The fourth-order valence-corrected chi connectivity index (χ4v) is 4.07. The Hall–Kier alpha value is -1.81. The fourth-order valence-electron chi connectivity index (χ4n) is 3.82. The van der Waals surface area contributed by atoms with Gasteiger partial charge in [-0.15, -0.1) is 6.58 Å². The molecule has 0 aromatic heterocycles. The summed E-state index contributed by atoms with van der Waals surface area (Å²) in [4.78, 5) is 2.40. The molecule has 1 aliphatic heterocycles. The normalized spacial score (nSPS) is 25.3. The third-order valence-electron chi connectivity index (χ3n) is 5.09. The topological polar surface area (TPSA) is 35.8 Å².